The molecule has 0 aromatic carbocycles. The van der Waals surface area contributed by atoms with Crippen LogP contribution >= 0.6 is 11.8 Å². The smallest absolute Gasteiger partial charge is 0.230 e. The first-order valence-electron chi connectivity index (χ1n) is 10.0. The molecule has 1 aromatic heterocycles. The predicted octanol–water partition coefficient (Wildman–Crippen LogP) is 3.87. The number of rotatable bonds is 7. The van der Waals surface area contributed by atoms with E-state index in [9.17, 15) is 4.79 Å². The standard InChI is InChI=1S/C19H32N4OS/c1-23-17(13-12-15-8-4-2-5-9-15)21-22-19(23)25-14-18(24)20-16-10-6-3-7-11-16/h15-16H,2-14H2,1H3,(H,20,24). The molecule has 0 aliphatic heterocycles. The Morgan fingerprint density at radius 3 is 2.48 bits per heavy atom. The van der Waals surface area contributed by atoms with Gasteiger partial charge in [-0.05, 0) is 25.2 Å². The molecule has 0 saturated heterocycles. The van der Waals surface area contributed by atoms with Crippen molar-refractivity contribution in [2.45, 2.75) is 88.2 Å². The molecule has 2 aliphatic carbocycles. The average molecular weight is 365 g/mol. The van der Waals surface area contributed by atoms with Crippen LogP contribution in [0, 0.1) is 5.92 Å². The van der Waals surface area contributed by atoms with Gasteiger partial charge < -0.3 is 9.88 Å². The number of aromatic nitrogens is 3. The zero-order chi connectivity index (χ0) is 17.5. The first-order chi connectivity index (χ1) is 12.2. The lowest BCUT2D eigenvalue weighted by atomic mass is 9.86. The van der Waals surface area contributed by atoms with E-state index in [0.717, 1.165) is 36.2 Å². The molecule has 0 bridgehead atoms. The molecule has 1 heterocycles. The molecule has 2 saturated carbocycles. The molecule has 140 valence electrons. The fraction of sp³-hybridized carbons (Fsp3) is 0.842. The fourth-order valence-electron chi connectivity index (χ4n) is 4.14. The number of carbonyl (C=O) groups is 1. The lowest BCUT2D eigenvalue weighted by Gasteiger charge is -2.22. The van der Waals surface area contributed by atoms with E-state index in [1.165, 1.54) is 69.5 Å². The van der Waals surface area contributed by atoms with Crippen LogP contribution in [0.5, 0.6) is 0 Å². The van der Waals surface area contributed by atoms with Gasteiger partial charge in [0, 0.05) is 19.5 Å². The summed E-state index contributed by atoms with van der Waals surface area (Å²) in [6, 6.07) is 0.382. The van der Waals surface area contributed by atoms with Gasteiger partial charge in [0.2, 0.25) is 5.91 Å². The number of hydrogen-bond donors (Lipinski definition) is 1. The van der Waals surface area contributed by atoms with E-state index in [1.807, 2.05) is 7.05 Å². The summed E-state index contributed by atoms with van der Waals surface area (Å²) in [4.78, 5) is 12.1. The third-order valence-corrected chi connectivity index (χ3v) is 6.75. The normalized spacial score (nSPS) is 19.9. The Morgan fingerprint density at radius 1 is 1.08 bits per heavy atom. The Morgan fingerprint density at radius 2 is 1.76 bits per heavy atom. The molecule has 0 spiro atoms. The second kappa shape index (κ2) is 9.60. The van der Waals surface area contributed by atoms with Crippen molar-refractivity contribution in [2.75, 3.05) is 5.75 Å². The van der Waals surface area contributed by atoms with Crippen molar-refractivity contribution in [3.63, 3.8) is 0 Å². The van der Waals surface area contributed by atoms with Crippen LogP contribution in [-0.2, 0) is 18.3 Å². The van der Waals surface area contributed by atoms with Gasteiger partial charge in [-0.3, -0.25) is 4.79 Å². The number of hydrogen-bond acceptors (Lipinski definition) is 4. The van der Waals surface area contributed by atoms with Crippen molar-refractivity contribution in [3.8, 4) is 0 Å². The number of nitrogens with one attached hydrogen (secondary N) is 1. The molecule has 2 aliphatic rings. The first-order valence-corrected chi connectivity index (χ1v) is 11.0. The van der Waals surface area contributed by atoms with Crippen LogP contribution in [0.4, 0.5) is 0 Å². The summed E-state index contributed by atoms with van der Waals surface area (Å²) in [7, 11) is 2.03. The lowest BCUT2D eigenvalue weighted by molar-refractivity contribution is -0.119. The maximum Gasteiger partial charge on any atom is 0.230 e. The van der Waals surface area contributed by atoms with Gasteiger partial charge in [-0.2, -0.15) is 0 Å². The van der Waals surface area contributed by atoms with Crippen molar-refractivity contribution in [2.24, 2.45) is 13.0 Å². The second-order valence-electron chi connectivity index (χ2n) is 7.69. The van der Waals surface area contributed by atoms with Crippen molar-refractivity contribution in [3.05, 3.63) is 5.82 Å². The van der Waals surface area contributed by atoms with Gasteiger partial charge in [-0.25, -0.2) is 0 Å². The molecule has 0 atom stereocenters. The Hall–Kier alpha value is -1.04. The Labute approximate surface area is 155 Å². The summed E-state index contributed by atoms with van der Waals surface area (Å²) in [5.74, 6) is 2.48. The summed E-state index contributed by atoms with van der Waals surface area (Å²) < 4.78 is 2.07. The maximum absolute atomic E-state index is 12.1. The van der Waals surface area contributed by atoms with E-state index in [1.54, 1.807) is 0 Å². The summed E-state index contributed by atoms with van der Waals surface area (Å²) in [5, 5.41) is 12.7. The van der Waals surface area contributed by atoms with Crippen LogP contribution in [0.15, 0.2) is 5.16 Å². The van der Waals surface area contributed by atoms with Gasteiger partial charge in [0.05, 0.1) is 5.75 Å². The van der Waals surface area contributed by atoms with E-state index in [0.29, 0.717) is 11.8 Å². The number of nitrogens with zero attached hydrogens (tertiary/aromatic N) is 3. The summed E-state index contributed by atoms with van der Waals surface area (Å²) in [6.07, 6.45) is 15.2. The van der Waals surface area contributed by atoms with Crippen molar-refractivity contribution in [1.29, 1.82) is 0 Å². The maximum atomic E-state index is 12.1. The highest BCUT2D eigenvalue weighted by molar-refractivity contribution is 7.99. The molecule has 6 heteroatoms. The van der Waals surface area contributed by atoms with Crippen LogP contribution in [0.3, 0.4) is 0 Å². The highest BCUT2D eigenvalue weighted by Crippen LogP contribution is 2.27. The third-order valence-electron chi connectivity index (χ3n) is 5.73. The van der Waals surface area contributed by atoms with E-state index < -0.39 is 0 Å². The van der Waals surface area contributed by atoms with Gasteiger partial charge in [0.1, 0.15) is 5.82 Å². The van der Waals surface area contributed by atoms with Crippen molar-refractivity contribution < 1.29 is 4.79 Å². The predicted molar refractivity (Wildman–Crippen MR) is 102 cm³/mol. The molecule has 25 heavy (non-hydrogen) atoms. The molecule has 1 amide bonds. The highest BCUT2D eigenvalue weighted by atomic mass is 32.2. The van der Waals surface area contributed by atoms with Crippen LogP contribution in [0.2, 0.25) is 0 Å². The highest BCUT2D eigenvalue weighted by Gasteiger charge is 2.18. The zero-order valence-corrected chi connectivity index (χ0v) is 16.3. The number of carbonyl (C=O) groups excluding carboxylic acids is 1. The zero-order valence-electron chi connectivity index (χ0n) is 15.5. The molecule has 0 unspecified atom stereocenters. The lowest BCUT2D eigenvalue weighted by Crippen LogP contribution is -2.37. The van der Waals surface area contributed by atoms with Gasteiger partial charge in [-0.1, -0.05) is 63.1 Å². The van der Waals surface area contributed by atoms with Crippen LogP contribution in [0.25, 0.3) is 0 Å². The largest absolute Gasteiger partial charge is 0.353 e. The SMILES string of the molecule is Cn1c(CCC2CCCCC2)nnc1SCC(=O)NC1CCCCC1. The summed E-state index contributed by atoms with van der Waals surface area (Å²) in [6.45, 7) is 0. The molecular formula is C19H32N4OS. The van der Waals surface area contributed by atoms with E-state index in [-0.39, 0.29) is 5.91 Å². The quantitative estimate of drug-likeness (QED) is 0.746. The van der Waals surface area contributed by atoms with Gasteiger partial charge in [0.25, 0.3) is 0 Å². The van der Waals surface area contributed by atoms with Crippen LogP contribution in [0.1, 0.15) is 76.5 Å². The Kier molecular flexibility index (Phi) is 7.20. The van der Waals surface area contributed by atoms with Gasteiger partial charge in [-0.15, -0.1) is 10.2 Å². The Bertz CT molecular complexity index is 548. The van der Waals surface area contributed by atoms with E-state index in [2.05, 4.69) is 20.1 Å². The van der Waals surface area contributed by atoms with Crippen molar-refractivity contribution >= 4 is 17.7 Å². The minimum atomic E-state index is 0.128. The average Bonchev–Trinajstić information content (AvgIpc) is 3.00. The van der Waals surface area contributed by atoms with Crippen molar-refractivity contribution in [1.82, 2.24) is 20.1 Å². The summed E-state index contributed by atoms with van der Waals surface area (Å²) in [5.41, 5.74) is 0. The Balaban J connectivity index is 1.41. The minimum absolute atomic E-state index is 0.128. The topological polar surface area (TPSA) is 59.8 Å². The molecule has 1 aromatic rings. The monoisotopic (exact) mass is 364 g/mol. The number of aryl methyl sites for hydroxylation is 1. The fourth-order valence-corrected chi connectivity index (χ4v) is 4.88. The van der Waals surface area contributed by atoms with E-state index >= 15 is 0 Å². The van der Waals surface area contributed by atoms with Gasteiger partial charge in [0.15, 0.2) is 5.16 Å². The van der Waals surface area contributed by atoms with Crippen LogP contribution < -0.4 is 5.32 Å². The molecule has 1 N–H and O–H groups in total. The van der Waals surface area contributed by atoms with E-state index in [4.69, 9.17) is 0 Å². The molecule has 3 rings (SSSR count). The molecule has 2 fully saturated rings. The molecule has 0 radical (unpaired) electrons. The summed E-state index contributed by atoms with van der Waals surface area (Å²) >= 11 is 1.50. The number of amides is 1. The first kappa shape index (κ1) is 18.7. The molecule has 5 nitrogen and oxygen atoms in total. The van der Waals surface area contributed by atoms with Crippen LogP contribution in [-0.4, -0.2) is 32.5 Å². The third kappa shape index (κ3) is 5.73. The molecular weight excluding hydrogens is 332 g/mol. The minimum Gasteiger partial charge on any atom is -0.353 e. The second-order valence-corrected chi connectivity index (χ2v) is 8.63. The van der Waals surface area contributed by atoms with Gasteiger partial charge >= 0.3 is 0 Å². The number of thioether (sulfide) groups is 1.